The number of benzene rings is 3. The molecule has 5 rings (SSSR count). The first-order chi connectivity index (χ1) is 18.6. The first-order valence-electron chi connectivity index (χ1n) is 12.9. The largest absolute Gasteiger partial charge is 0.508 e. The van der Waals surface area contributed by atoms with Crippen LogP contribution < -0.4 is 9.80 Å². The lowest BCUT2D eigenvalue weighted by molar-refractivity contribution is -0.129. The highest BCUT2D eigenvalue weighted by Crippen LogP contribution is 2.42. The molecule has 2 heterocycles. The first-order valence-corrected chi connectivity index (χ1v) is 13.3. The molecule has 0 radical (unpaired) electrons. The fourth-order valence-electron chi connectivity index (χ4n) is 5.01. The molecule has 1 saturated heterocycles. The molecule has 1 aliphatic heterocycles. The van der Waals surface area contributed by atoms with Gasteiger partial charge in [0.1, 0.15) is 17.1 Å². The summed E-state index contributed by atoms with van der Waals surface area (Å²) < 4.78 is 16.6. The van der Waals surface area contributed by atoms with Gasteiger partial charge >= 0.3 is 0 Å². The number of hydrogen-bond donors (Lipinski definition) is 1. The van der Waals surface area contributed by atoms with Crippen molar-refractivity contribution in [2.75, 3.05) is 70.2 Å². The lowest BCUT2D eigenvalue weighted by Gasteiger charge is -2.35. The van der Waals surface area contributed by atoms with Crippen LogP contribution in [-0.2, 0) is 4.79 Å². The Labute approximate surface area is 232 Å². The Balaban J connectivity index is 1.70. The zero-order valence-electron chi connectivity index (χ0n) is 22.6. The second kappa shape index (κ2) is 10.8. The third-order valence-electron chi connectivity index (χ3n) is 7.22. The summed E-state index contributed by atoms with van der Waals surface area (Å²) in [6.07, 6.45) is 0. The van der Waals surface area contributed by atoms with Gasteiger partial charge in [0.2, 0.25) is 11.9 Å². The number of carbonyl (C=O) groups is 1. The zero-order chi connectivity index (χ0) is 27.8. The number of aromatic nitrogens is 2. The summed E-state index contributed by atoms with van der Waals surface area (Å²) in [7, 11) is 5.87. The van der Waals surface area contributed by atoms with Gasteiger partial charge in [-0.05, 0) is 48.6 Å². The first kappa shape index (κ1) is 26.9. The molecule has 39 heavy (non-hydrogen) atoms. The van der Waals surface area contributed by atoms with E-state index in [1.165, 1.54) is 6.07 Å². The number of phenolic OH excluding ortho intramolecular Hbond substituents is 1. The van der Waals surface area contributed by atoms with Gasteiger partial charge in [-0.2, -0.15) is 4.98 Å². The van der Waals surface area contributed by atoms with Crippen molar-refractivity contribution in [3.63, 3.8) is 0 Å². The minimum atomic E-state index is -0.568. The maximum Gasteiger partial charge on any atom is 0.227 e. The lowest BCUT2D eigenvalue weighted by atomic mass is 9.96. The summed E-state index contributed by atoms with van der Waals surface area (Å²) in [5.74, 6) is 0.476. The monoisotopic (exact) mass is 550 g/mol. The van der Waals surface area contributed by atoms with Gasteiger partial charge in [-0.1, -0.05) is 35.9 Å². The molecule has 10 heteroatoms. The molecular weight excluding hydrogens is 519 g/mol. The van der Waals surface area contributed by atoms with Gasteiger partial charge in [-0.15, -0.1) is 0 Å². The van der Waals surface area contributed by atoms with Crippen LogP contribution in [0.1, 0.15) is 6.92 Å². The molecule has 1 N–H and O–H groups in total. The second-order valence-electron chi connectivity index (χ2n) is 10.2. The van der Waals surface area contributed by atoms with Crippen molar-refractivity contribution >= 4 is 50.9 Å². The fraction of sp³-hybridized carbons (Fsp3) is 0.345. The van der Waals surface area contributed by atoms with Crippen molar-refractivity contribution < 1.29 is 14.3 Å². The van der Waals surface area contributed by atoms with Crippen molar-refractivity contribution in [3.8, 4) is 16.9 Å². The van der Waals surface area contributed by atoms with Crippen molar-refractivity contribution in [1.29, 1.82) is 0 Å². The van der Waals surface area contributed by atoms with E-state index >= 15 is 4.39 Å². The van der Waals surface area contributed by atoms with E-state index in [-0.39, 0.29) is 27.8 Å². The Morgan fingerprint density at radius 3 is 2.44 bits per heavy atom. The van der Waals surface area contributed by atoms with Gasteiger partial charge in [0.05, 0.1) is 5.02 Å². The van der Waals surface area contributed by atoms with Crippen molar-refractivity contribution in [1.82, 2.24) is 19.8 Å². The Morgan fingerprint density at radius 2 is 1.74 bits per heavy atom. The van der Waals surface area contributed by atoms with Crippen LogP contribution in [0.2, 0.25) is 5.02 Å². The van der Waals surface area contributed by atoms with Crippen LogP contribution >= 0.6 is 11.6 Å². The molecule has 1 aliphatic rings. The third-order valence-corrected chi connectivity index (χ3v) is 7.51. The zero-order valence-corrected chi connectivity index (χ0v) is 23.3. The number of nitrogens with zero attached hydrogens (tertiary/aromatic N) is 6. The van der Waals surface area contributed by atoms with Gasteiger partial charge in [-0.25, -0.2) is 9.37 Å². The lowest BCUT2D eigenvalue weighted by Crippen LogP contribution is -2.48. The minimum Gasteiger partial charge on any atom is -0.508 e. The summed E-state index contributed by atoms with van der Waals surface area (Å²) in [6.45, 7) is 5.21. The van der Waals surface area contributed by atoms with Crippen LogP contribution in [0.5, 0.6) is 5.75 Å². The molecule has 3 aromatic carbocycles. The summed E-state index contributed by atoms with van der Waals surface area (Å²) in [6, 6.07) is 12.4. The maximum atomic E-state index is 16.6. The number of hydrogen-bond acceptors (Lipinski definition) is 7. The minimum absolute atomic E-state index is 0.0232. The number of piperazine rings is 1. The molecular formula is C29H32ClFN6O2. The SMILES string of the molecule is CC(=O)N1CCN(c2nc(N(C)CCN(C)C)nc3c(F)c(-c4cc(O)cc5ccccc45)c(Cl)cc23)CC1. The quantitative estimate of drug-likeness (QED) is 0.375. The highest BCUT2D eigenvalue weighted by Gasteiger charge is 2.26. The number of phenols is 1. The topological polar surface area (TPSA) is 76.0 Å². The number of aromatic hydroxyl groups is 1. The van der Waals surface area contributed by atoms with E-state index in [0.29, 0.717) is 55.4 Å². The van der Waals surface area contributed by atoms with Gasteiger partial charge in [0, 0.05) is 64.2 Å². The molecule has 1 amide bonds. The second-order valence-corrected chi connectivity index (χ2v) is 10.6. The predicted octanol–water partition coefficient (Wildman–Crippen LogP) is 4.61. The number of likely N-dealkylation sites (N-methyl/N-ethyl adjacent to an activating group) is 2. The number of fused-ring (bicyclic) bond motifs is 2. The van der Waals surface area contributed by atoms with E-state index in [1.807, 2.05) is 50.3 Å². The van der Waals surface area contributed by atoms with Crippen molar-refractivity contribution in [3.05, 3.63) is 53.3 Å². The maximum absolute atomic E-state index is 16.6. The average Bonchev–Trinajstić information content (AvgIpc) is 2.91. The molecule has 204 valence electrons. The number of carbonyl (C=O) groups excluding carboxylic acids is 1. The molecule has 0 unspecified atom stereocenters. The molecule has 1 fully saturated rings. The molecule has 1 aromatic heterocycles. The Kier molecular flexibility index (Phi) is 7.46. The fourth-order valence-corrected chi connectivity index (χ4v) is 5.31. The summed E-state index contributed by atoms with van der Waals surface area (Å²) >= 11 is 6.79. The standard InChI is InChI=1S/C29H32ClFN6O2/c1-18(38)36-11-13-37(14-12-36)28-23-17-24(30)25(22-16-20(39)15-19-7-5-6-8-21(19)22)26(31)27(23)32-29(33-28)35(4)10-9-34(2)3/h5-8,15-17,39H,9-14H2,1-4H3. The van der Waals surface area contributed by atoms with Crippen LogP contribution in [-0.4, -0.2) is 91.2 Å². The molecule has 4 aromatic rings. The van der Waals surface area contributed by atoms with E-state index < -0.39 is 5.82 Å². The van der Waals surface area contributed by atoms with Crippen LogP contribution in [0.25, 0.3) is 32.8 Å². The van der Waals surface area contributed by atoms with Crippen LogP contribution in [0, 0.1) is 5.82 Å². The van der Waals surface area contributed by atoms with E-state index in [4.69, 9.17) is 21.6 Å². The highest BCUT2D eigenvalue weighted by atomic mass is 35.5. The van der Waals surface area contributed by atoms with Crippen LogP contribution in [0.15, 0.2) is 42.5 Å². The summed E-state index contributed by atoms with van der Waals surface area (Å²) in [4.78, 5) is 29.3. The average molecular weight is 551 g/mol. The Morgan fingerprint density at radius 1 is 1.03 bits per heavy atom. The molecule has 0 bridgehead atoms. The molecule has 0 atom stereocenters. The van der Waals surface area contributed by atoms with Gasteiger partial charge in [-0.3, -0.25) is 4.79 Å². The summed E-state index contributed by atoms with van der Waals surface area (Å²) in [5, 5.41) is 12.7. The highest BCUT2D eigenvalue weighted by molar-refractivity contribution is 6.35. The van der Waals surface area contributed by atoms with E-state index in [1.54, 1.807) is 24.0 Å². The van der Waals surface area contributed by atoms with Gasteiger partial charge < -0.3 is 24.7 Å². The van der Waals surface area contributed by atoms with Crippen molar-refractivity contribution in [2.45, 2.75) is 6.92 Å². The summed E-state index contributed by atoms with van der Waals surface area (Å²) in [5.41, 5.74) is 0.837. The number of anilines is 2. The van der Waals surface area contributed by atoms with E-state index in [9.17, 15) is 9.90 Å². The molecule has 0 aliphatic carbocycles. The third kappa shape index (κ3) is 5.29. The molecule has 0 spiro atoms. The van der Waals surface area contributed by atoms with Gasteiger partial charge in [0.25, 0.3) is 0 Å². The van der Waals surface area contributed by atoms with E-state index in [0.717, 1.165) is 17.3 Å². The van der Waals surface area contributed by atoms with Gasteiger partial charge in [0.15, 0.2) is 5.82 Å². The molecule has 0 saturated carbocycles. The van der Waals surface area contributed by atoms with Crippen LogP contribution in [0.4, 0.5) is 16.2 Å². The predicted molar refractivity (Wildman–Crippen MR) is 155 cm³/mol. The van der Waals surface area contributed by atoms with E-state index in [2.05, 4.69) is 9.80 Å². The number of rotatable bonds is 6. The molecule has 8 nitrogen and oxygen atoms in total. The Hall–Kier alpha value is -3.69. The Bertz CT molecular complexity index is 1550. The normalized spacial score (nSPS) is 14.0. The number of amides is 1. The van der Waals surface area contributed by atoms with Crippen LogP contribution in [0.3, 0.4) is 0 Å². The van der Waals surface area contributed by atoms with Crippen molar-refractivity contribution in [2.24, 2.45) is 0 Å². The smallest absolute Gasteiger partial charge is 0.227 e. The number of halogens is 2.